The fourth-order valence-electron chi connectivity index (χ4n) is 2.60. The number of thiazole rings is 1. The van der Waals surface area contributed by atoms with Gasteiger partial charge in [0.05, 0.1) is 28.1 Å². The van der Waals surface area contributed by atoms with Crippen molar-refractivity contribution in [2.24, 2.45) is 0 Å². The van der Waals surface area contributed by atoms with Gasteiger partial charge in [0, 0.05) is 10.6 Å². The highest BCUT2D eigenvalue weighted by Gasteiger charge is 2.17. The Labute approximate surface area is 189 Å². The molecule has 0 radical (unpaired) electrons. The number of aromatic nitrogens is 4. The van der Waals surface area contributed by atoms with Crippen LogP contribution in [0.5, 0.6) is 5.75 Å². The molecule has 8 nitrogen and oxygen atoms in total. The predicted octanol–water partition coefficient (Wildman–Crippen LogP) is 4.31. The molecule has 154 valence electrons. The number of ether oxygens (including phenoxy) is 1. The van der Waals surface area contributed by atoms with E-state index >= 15 is 0 Å². The number of carbonyl (C=O) groups excluding carboxylic acids is 1. The normalized spacial score (nSPS) is 11.0. The second-order valence-electron chi connectivity index (χ2n) is 5.99. The summed E-state index contributed by atoms with van der Waals surface area (Å²) < 4.78 is 7.41. The van der Waals surface area contributed by atoms with E-state index in [1.54, 1.807) is 25.3 Å². The number of hydrogen-bond acceptors (Lipinski definition) is 8. The Balaban J connectivity index is 1.42. The number of thioether (sulfide) groups is 1. The molecule has 0 unspecified atom stereocenters. The molecule has 2 aromatic heterocycles. The molecule has 0 fully saturated rings. The number of nitrogen functional groups attached to an aromatic ring is 1. The summed E-state index contributed by atoms with van der Waals surface area (Å²) in [6.45, 7) is 0. The second kappa shape index (κ2) is 8.68. The molecule has 0 aliphatic heterocycles. The first-order chi connectivity index (χ1) is 14.4. The van der Waals surface area contributed by atoms with Crippen molar-refractivity contribution in [1.29, 1.82) is 0 Å². The van der Waals surface area contributed by atoms with Crippen molar-refractivity contribution < 1.29 is 9.53 Å². The van der Waals surface area contributed by atoms with Crippen molar-refractivity contribution in [1.82, 2.24) is 19.9 Å². The molecule has 0 bridgehead atoms. The van der Waals surface area contributed by atoms with E-state index in [1.807, 2.05) is 18.2 Å². The molecule has 0 spiro atoms. The number of rotatable bonds is 6. The average molecular weight is 481 g/mol. The van der Waals surface area contributed by atoms with E-state index in [0.29, 0.717) is 31.7 Å². The van der Waals surface area contributed by atoms with Gasteiger partial charge in [-0.25, -0.2) is 9.66 Å². The summed E-state index contributed by atoms with van der Waals surface area (Å²) in [7, 11) is 1.60. The molecular formula is C18H14Cl2N6O2S2. The highest BCUT2D eigenvalue weighted by Crippen LogP contribution is 2.31. The monoisotopic (exact) mass is 480 g/mol. The first-order valence-electron chi connectivity index (χ1n) is 8.47. The molecule has 0 aliphatic carbocycles. The summed E-state index contributed by atoms with van der Waals surface area (Å²) >= 11 is 14.7. The van der Waals surface area contributed by atoms with Gasteiger partial charge < -0.3 is 15.9 Å². The summed E-state index contributed by atoms with van der Waals surface area (Å²) in [6.07, 6.45) is 0. The lowest BCUT2D eigenvalue weighted by Gasteiger charge is -2.05. The van der Waals surface area contributed by atoms with Gasteiger partial charge in [0.25, 0.3) is 0 Å². The molecule has 1 amide bonds. The van der Waals surface area contributed by atoms with E-state index in [0.717, 1.165) is 27.7 Å². The van der Waals surface area contributed by atoms with Crippen molar-refractivity contribution in [3.63, 3.8) is 0 Å². The number of nitrogens with one attached hydrogen (secondary N) is 1. The maximum atomic E-state index is 12.3. The van der Waals surface area contributed by atoms with Crippen LogP contribution < -0.4 is 15.9 Å². The maximum absolute atomic E-state index is 12.3. The van der Waals surface area contributed by atoms with E-state index in [4.69, 9.17) is 33.8 Å². The highest BCUT2D eigenvalue weighted by molar-refractivity contribution is 7.99. The number of carbonyl (C=O) groups is 1. The second-order valence-corrected chi connectivity index (χ2v) is 8.81. The molecular weight excluding hydrogens is 467 g/mol. The number of anilines is 1. The van der Waals surface area contributed by atoms with Gasteiger partial charge in [0.15, 0.2) is 11.0 Å². The fraction of sp³-hybridized carbons (Fsp3) is 0.111. The third-order valence-corrected chi connectivity index (χ3v) is 6.44. The first kappa shape index (κ1) is 20.7. The molecule has 4 aromatic rings. The van der Waals surface area contributed by atoms with Crippen LogP contribution in [0.15, 0.2) is 41.6 Å². The van der Waals surface area contributed by atoms with Crippen molar-refractivity contribution >= 4 is 67.6 Å². The number of fused-ring (bicyclic) bond motifs is 1. The minimum atomic E-state index is -0.236. The summed E-state index contributed by atoms with van der Waals surface area (Å²) in [5.74, 6) is 7.04. The summed E-state index contributed by atoms with van der Waals surface area (Å²) in [6, 6.07) is 10.5. The largest absolute Gasteiger partial charge is 0.497 e. The number of halogens is 2. The predicted molar refractivity (Wildman–Crippen MR) is 121 cm³/mol. The Morgan fingerprint density at radius 3 is 2.87 bits per heavy atom. The number of nitrogens with zero attached hydrogens (tertiary/aromatic N) is 4. The number of hydrogen-bond donors (Lipinski definition) is 2. The van der Waals surface area contributed by atoms with Gasteiger partial charge in [-0.3, -0.25) is 4.79 Å². The summed E-state index contributed by atoms with van der Waals surface area (Å²) in [4.78, 5) is 16.7. The summed E-state index contributed by atoms with van der Waals surface area (Å²) in [5, 5.41) is 12.7. The Kier molecular flexibility index (Phi) is 6.00. The smallest absolute Gasteiger partial charge is 0.236 e. The zero-order valence-corrected chi connectivity index (χ0v) is 18.6. The molecule has 2 aromatic carbocycles. The van der Waals surface area contributed by atoms with Gasteiger partial charge in [-0.15, -0.1) is 10.2 Å². The lowest BCUT2D eigenvalue weighted by Crippen LogP contribution is -2.16. The quantitative estimate of drug-likeness (QED) is 0.312. The molecule has 12 heteroatoms. The Bertz CT molecular complexity index is 1240. The first-order valence-corrected chi connectivity index (χ1v) is 11.0. The SMILES string of the molecule is COc1ccc2nc(NC(=O)CSc3nnc(-c4ccc(Cl)cc4Cl)n3N)sc2c1. The third-order valence-electron chi connectivity index (χ3n) is 4.01. The number of nitrogens with two attached hydrogens (primary N) is 1. The Morgan fingerprint density at radius 2 is 2.10 bits per heavy atom. The fourth-order valence-corrected chi connectivity index (χ4v) is 4.66. The average Bonchev–Trinajstić information content (AvgIpc) is 3.28. The zero-order chi connectivity index (χ0) is 21.3. The van der Waals surface area contributed by atoms with E-state index < -0.39 is 0 Å². The molecule has 3 N–H and O–H groups in total. The summed E-state index contributed by atoms with van der Waals surface area (Å²) in [5.41, 5.74) is 1.38. The Hall–Kier alpha value is -2.53. The van der Waals surface area contributed by atoms with Crippen LogP contribution in [0.1, 0.15) is 0 Å². The molecule has 30 heavy (non-hydrogen) atoms. The molecule has 0 saturated heterocycles. The van der Waals surface area contributed by atoms with E-state index in [2.05, 4.69) is 20.5 Å². The lowest BCUT2D eigenvalue weighted by atomic mass is 10.2. The van der Waals surface area contributed by atoms with Crippen LogP contribution in [-0.2, 0) is 4.79 Å². The van der Waals surface area contributed by atoms with Gasteiger partial charge in [0.1, 0.15) is 5.75 Å². The van der Waals surface area contributed by atoms with Crippen LogP contribution in [0.25, 0.3) is 21.6 Å². The highest BCUT2D eigenvalue weighted by atomic mass is 35.5. The van der Waals surface area contributed by atoms with Gasteiger partial charge in [-0.05, 0) is 36.4 Å². The van der Waals surface area contributed by atoms with Crippen molar-refractivity contribution in [2.75, 3.05) is 24.0 Å². The topological polar surface area (TPSA) is 108 Å². The molecule has 0 aliphatic rings. The lowest BCUT2D eigenvalue weighted by molar-refractivity contribution is -0.113. The van der Waals surface area contributed by atoms with Gasteiger partial charge in [-0.1, -0.05) is 46.3 Å². The molecule has 0 saturated carbocycles. The van der Waals surface area contributed by atoms with Crippen LogP contribution in [-0.4, -0.2) is 38.6 Å². The number of methoxy groups -OCH3 is 1. The third kappa shape index (κ3) is 4.31. The minimum absolute atomic E-state index is 0.0862. The van der Waals surface area contributed by atoms with Crippen LogP contribution in [0, 0.1) is 0 Å². The van der Waals surface area contributed by atoms with Crippen molar-refractivity contribution in [3.8, 4) is 17.1 Å². The van der Waals surface area contributed by atoms with Gasteiger partial charge in [-0.2, -0.15) is 0 Å². The number of amides is 1. The van der Waals surface area contributed by atoms with E-state index in [9.17, 15) is 4.79 Å². The van der Waals surface area contributed by atoms with Crippen LogP contribution in [0.2, 0.25) is 10.0 Å². The van der Waals surface area contributed by atoms with E-state index in [1.165, 1.54) is 16.0 Å². The van der Waals surface area contributed by atoms with Crippen molar-refractivity contribution in [3.05, 3.63) is 46.4 Å². The zero-order valence-electron chi connectivity index (χ0n) is 15.4. The van der Waals surface area contributed by atoms with Crippen LogP contribution in [0.4, 0.5) is 5.13 Å². The van der Waals surface area contributed by atoms with Crippen LogP contribution >= 0.6 is 46.3 Å². The van der Waals surface area contributed by atoms with Crippen molar-refractivity contribution in [2.45, 2.75) is 5.16 Å². The Morgan fingerprint density at radius 1 is 1.27 bits per heavy atom. The minimum Gasteiger partial charge on any atom is -0.497 e. The maximum Gasteiger partial charge on any atom is 0.236 e. The molecule has 0 atom stereocenters. The standard InChI is InChI=1S/C18H14Cl2N6O2S2/c1-28-10-3-5-13-14(7-10)30-17(22-13)23-15(27)8-29-18-25-24-16(26(18)21)11-4-2-9(19)6-12(11)20/h2-7H,8,21H2,1H3,(H,22,23,27). The van der Waals surface area contributed by atoms with Gasteiger partial charge in [0.2, 0.25) is 11.1 Å². The molecule has 4 rings (SSSR count). The molecule has 2 heterocycles. The number of benzene rings is 2. The van der Waals surface area contributed by atoms with Crippen LogP contribution in [0.3, 0.4) is 0 Å². The van der Waals surface area contributed by atoms with E-state index in [-0.39, 0.29) is 11.7 Å². The van der Waals surface area contributed by atoms with Gasteiger partial charge >= 0.3 is 0 Å².